The number of nitrogens with zero attached hydrogens (tertiary/aromatic N) is 2. The van der Waals surface area contributed by atoms with E-state index in [2.05, 4.69) is 0 Å². The lowest BCUT2D eigenvalue weighted by atomic mass is 10.1. The summed E-state index contributed by atoms with van der Waals surface area (Å²) in [5.74, 6) is -0.585. The van der Waals surface area contributed by atoms with Crippen molar-refractivity contribution in [2.75, 3.05) is 7.11 Å². The molecule has 0 unspecified atom stereocenters. The van der Waals surface area contributed by atoms with Crippen molar-refractivity contribution in [2.24, 2.45) is 0 Å². The Kier molecular flexibility index (Phi) is 5.71. The fourth-order valence-corrected chi connectivity index (χ4v) is 2.16. The van der Waals surface area contributed by atoms with Crippen LogP contribution in [-0.4, -0.2) is 18.0 Å². The number of nitro benzene ring substituents is 1. The SMILES string of the molecule is COc1cc(/C=C\C#N)ccc1OC(=O)c1ccc(Cl)cc1[N+](=O)[O-]. The molecule has 0 aromatic heterocycles. The molecule has 0 bridgehead atoms. The van der Waals surface area contributed by atoms with E-state index >= 15 is 0 Å². The molecule has 0 radical (unpaired) electrons. The Morgan fingerprint density at radius 3 is 2.68 bits per heavy atom. The minimum absolute atomic E-state index is 0.0888. The molecule has 25 heavy (non-hydrogen) atoms. The third kappa shape index (κ3) is 4.34. The topological polar surface area (TPSA) is 102 Å². The van der Waals surface area contributed by atoms with Crippen LogP contribution in [-0.2, 0) is 0 Å². The van der Waals surface area contributed by atoms with E-state index in [-0.39, 0.29) is 22.1 Å². The highest BCUT2D eigenvalue weighted by molar-refractivity contribution is 6.31. The summed E-state index contributed by atoms with van der Waals surface area (Å²) in [6.07, 6.45) is 2.84. The number of carbonyl (C=O) groups is 1. The van der Waals surface area contributed by atoms with Crippen LogP contribution in [0.1, 0.15) is 15.9 Å². The monoisotopic (exact) mass is 358 g/mol. The maximum atomic E-state index is 12.3. The summed E-state index contributed by atoms with van der Waals surface area (Å²) in [6, 6.07) is 10.2. The molecule has 0 saturated heterocycles. The summed E-state index contributed by atoms with van der Waals surface area (Å²) < 4.78 is 10.4. The van der Waals surface area contributed by atoms with Crippen LogP contribution in [0, 0.1) is 21.4 Å². The van der Waals surface area contributed by atoms with Gasteiger partial charge in [0.1, 0.15) is 5.56 Å². The fraction of sp³-hybridized carbons (Fsp3) is 0.0588. The van der Waals surface area contributed by atoms with Crippen LogP contribution in [0.5, 0.6) is 11.5 Å². The number of nitriles is 1. The zero-order valence-electron chi connectivity index (χ0n) is 12.9. The standard InChI is InChI=1S/C17H11ClN2O5/c1-24-16-9-11(3-2-8-19)4-7-15(16)25-17(21)13-6-5-12(18)10-14(13)20(22)23/h2-7,9-10H,1H3/b3-2-. The first-order valence-corrected chi connectivity index (χ1v) is 7.24. The molecule has 0 N–H and O–H groups in total. The highest BCUT2D eigenvalue weighted by atomic mass is 35.5. The van der Waals surface area contributed by atoms with Crippen LogP contribution in [0.3, 0.4) is 0 Å². The van der Waals surface area contributed by atoms with Crippen molar-refractivity contribution in [1.82, 2.24) is 0 Å². The van der Waals surface area contributed by atoms with Crippen molar-refractivity contribution in [3.63, 3.8) is 0 Å². The number of rotatable bonds is 5. The van der Waals surface area contributed by atoms with E-state index in [9.17, 15) is 14.9 Å². The molecule has 2 aromatic rings. The van der Waals surface area contributed by atoms with Gasteiger partial charge in [-0.1, -0.05) is 17.7 Å². The van der Waals surface area contributed by atoms with Crippen LogP contribution in [0.25, 0.3) is 6.08 Å². The molecule has 7 nitrogen and oxygen atoms in total. The van der Waals surface area contributed by atoms with Gasteiger partial charge in [-0.15, -0.1) is 0 Å². The Bertz CT molecular complexity index is 902. The quantitative estimate of drug-likeness (QED) is 0.263. The summed E-state index contributed by atoms with van der Waals surface area (Å²) in [7, 11) is 1.38. The molecule has 0 aliphatic rings. The highest BCUT2D eigenvalue weighted by Crippen LogP contribution is 2.31. The molecule has 8 heteroatoms. The van der Waals surface area contributed by atoms with Gasteiger partial charge < -0.3 is 9.47 Å². The van der Waals surface area contributed by atoms with E-state index in [1.54, 1.807) is 18.2 Å². The maximum absolute atomic E-state index is 12.3. The Balaban J connectivity index is 2.34. The average Bonchev–Trinajstić information content (AvgIpc) is 2.60. The van der Waals surface area contributed by atoms with Gasteiger partial charge in [0.05, 0.1) is 18.1 Å². The van der Waals surface area contributed by atoms with E-state index in [1.165, 1.54) is 31.4 Å². The van der Waals surface area contributed by atoms with Gasteiger partial charge in [-0.05, 0) is 35.9 Å². The highest BCUT2D eigenvalue weighted by Gasteiger charge is 2.23. The first kappa shape index (κ1) is 18.0. The van der Waals surface area contributed by atoms with Gasteiger partial charge in [-0.2, -0.15) is 5.26 Å². The molecule has 0 spiro atoms. The lowest BCUT2D eigenvalue weighted by Gasteiger charge is -2.10. The third-order valence-electron chi connectivity index (χ3n) is 3.12. The van der Waals surface area contributed by atoms with Crippen molar-refractivity contribution in [2.45, 2.75) is 0 Å². The summed E-state index contributed by atoms with van der Waals surface area (Å²) in [6.45, 7) is 0. The summed E-state index contributed by atoms with van der Waals surface area (Å²) in [5, 5.41) is 19.8. The minimum Gasteiger partial charge on any atom is -0.493 e. The van der Waals surface area contributed by atoms with E-state index in [0.29, 0.717) is 5.56 Å². The molecular formula is C17H11ClN2O5. The van der Waals surface area contributed by atoms with Crippen LogP contribution in [0.15, 0.2) is 42.5 Å². The second-order valence-electron chi connectivity index (χ2n) is 4.68. The van der Waals surface area contributed by atoms with Crippen molar-refractivity contribution < 1.29 is 19.2 Å². The number of halogens is 1. The van der Waals surface area contributed by atoms with E-state index in [0.717, 1.165) is 6.07 Å². The number of allylic oxidation sites excluding steroid dienone is 1. The largest absolute Gasteiger partial charge is 0.493 e. The first-order valence-electron chi connectivity index (χ1n) is 6.86. The predicted octanol–water partition coefficient (Wildman–Crippen LogP) is 4.01. The van der Waals surface area contributed by atoms with Gasteiger partial charge in [0.15, 0.2) is 11.5 Å². The predicted molar refractivity (Wildman–Crippen MR) is 90.7 cm³/mol. The fourth-order valence-electron chi connectivity index (χ4n) is 1.99. The Labute approximate surface area is 147 Å². The zero-order valence-corrected chi connectivity index (χ0v) is 13.7. The molecule has 0 atom stereocenters. The molecule has 2 rings (SSSR count). The number of ether oxygens (including phenoxy) is 2. The number of nitro groups is 1. The second kappa shape index (κ2) is 7.95. The van der Waals surface area contributed by atoms with Crippen molar-refractivity contribution in [3.05, 3.63) is 68.7 Å². The number of hydrogen-bond donors (Lipinski definition) is 0. The molecule has 2 aromatic carbocycles. The lowest BCUT2D eigenvalue weighted by molar-refractivity contribution is -0.385. The van der Waals surface area contributed by atoms with Crippen LogP contribution >= 0.6 is 11.6 Å². The molecule has 0 aliphatic carbocycles. The number of hydrogen-bond acceptors (Lipinski definition) is 6. The van der Waals surface area contributed by atoms with E-state index in [1.807, 2.05) is 6.07 Å². The van der Waals surface area contributed by atoms with Gasteiger partial charge in [-0.3, -0.25) is 10.1 Å². The second-order valence-corrected chi connectivity index (χ2v) is 5.12. The Hall–Kier alpha value is -3.37. The summed E-state index contributed by atoms with van der Waals surface area (Å²) in [5.41, 5.74) is -0.0226. The number of benzene rings is 2. The van der Waals surface area contributed by atoms with Gasteiger partial charge in [0.2, 0.25) is 0 Å². The van der Waals surface area contributed by atoms with Crippen LogP contribution in [0.2, 0.25) is 5.02 Å². The van der Waals surface area contributed by atoms with Crippen LogP contribution in [0.4, 0.5) is 5.69 Å². The summed E-state index contributed by atoms with van der Waals surface area (Å²) in [4.78, 5) is 22.7. The van der Waals surface area contributed by atoms with E-state index < -0.39 is 16.6 Å². The molecular weight excluding hydrogens is 348 g/mol. The average molecular weight is 359 g/mol. The first-order chi connectivity index (χ1) is 12.0. The number of carbonyl (C=O) groups excluding carboxylic acids is 1. The van der Waals surface area contributed by atoms with Gasteiger partial charge in [0.25, 0.3) is 5.69 Å². The van der Waals surface area contributed by atoms with Gasteiger partial charge in [0, 0.05) is 17.2 Å². The van der Waals surface area contributed by atoms with Crippen molar-refractivity contribution in [3.8, 4) is 17.6 Å². The Morgan fingerprint density at radius 1 is 1.28 bits per heavy atom. The molecule has 0 aliphatic heterocycles. The third-order valence-corrected chi connectivity index (χ3v) is 3.35. The van der Waals surface area contributed by atoms with E-state index in [4.69, 9.17) is 26.3 Å². The smallest absolute Gasteiger partial charge is 0.350 e. The number of esters is 1. The number of methoxy groups -OCH3 is 1. The van der Waals surface area contributed by atoms with Gasteiger partial charge in [-0.25, -0.2) is 4.79 Å². The van der Waals surface area contributed by atoms with Crippen LogP contribution < -0.4 is 9.47 Å². The van der Waals surface area contributed by atoms with Crippen molar-refractivity contribution >= 4 is 29.3 Å². The lowest BCUT2D eigenvalue weighted by Crippen LogP contribution is -2.11. The molecule has 126 valence electrons. The zero-order chi connectivity index (χ0) is 18.4. The molecule has 0 saturated carbocycles. The minimum atomic E-state index is -0.915. The van der Waals surface area contributed by atoms with Crippen molar-refractivity contribution in [1.29, 1.82) is 5.26 Å². The maximum Gasteiger partial charge on any atom is 0.350 e. The van der Waals surface area contributed by atoms with Gasteiger partial charge >= 0.3 is 5.97 Å². The molecule has 0 heterocycles. The molecule has 0 fully saturated rings. The molecule has 0 amide bonds. The summed E-state index contributed by atoms with van der Waals surface area (Å²) >= 11 is 5.73. The Morgan fingerprint density at radius 2 is 2.04 bits per heavy atom. The normalized spacial score (nSPS) is 10.3.